The number of aryl methyl sites for hydroxylation is 1. The first kappa shape index (κ1) is 18.3. The molecule has 138 valence electrons. The van der Waals surface area contributed by atoms with Crippen LogP contribution in [-0.4, -0.2) is 44.2 Å². The highest BCUT2D eigenvalue weighted by atomic mass is 16.5. The van der Waals surface area contributed by atoms with E-state index in [9.17, 15) is 4.79 Å². The smallest absolute Gasteiger partial charge is 0.254 e. The largest absolute Gasteiger partial charge is 0.496 e. The van der Waals surface area contributed by atoms with Crippen molar-refractivity contribution in [3.63, 3.8) is 0 Å². The molecule has 1 amide bonds. The first-order valence-corrected chi connectivity index (χ1v) is 9.03. The fraction of sp³-hybridized carbons (Fsp3) is 0.381. The van der Waals surface area contributed by atoms with E-state index in [0.717, 1.165) is 29.2 Å². The van der Waals surface area contributed by atoms with Crippen molar-refractivity contribution in [2.24, 2.45) is 0 Å². The van der Waals surface area contributed by atoms with Gasteiger partial charge in [0.05, 0.1) is 19.8 Å². The molecule has 5 heteroatoms. The highest BCUT2D eigenvalue weighted by Gasteiger charge is 2.30. The average Bonchev–Trinajstić information content (AvgIpc) is 2.69. The van der Waals surface area contributed by atoms with Crippen LogP contribution in [0.5, 0.6) is 11.5 Å². The van der Waals surface area contributed by atoms with Crippen LogP contribution in [0.3, 0.4) is 0 Å². The Morgan fingerprint density at radius 2 is 2.04 bits per heavy atom. The van der Waals surface area contributed by atoms with Gasteiger partial charge in [-0.1, -0.05) is 24.3 Å². The third kappa shape index (κ3) is 3.68. The van der Waals surface area contributed by atoms with Gasteiger partial charge in [0.15, 0.2) is 0 Å². The number of para-hydroxylation sites is 1. The molecule has 3 rings (SSSR count). The lowest BCUT2D eigenvalue weighted by molar-refractivity contribution is 0.0631. The minimum absolute atomic E-state index is 0.0170. The van der Waals surface area contributed by atoms with E-state index in [1.54, 1.807) is 7.11 Å². The van der Waals surface area contributed by atoms with E-state index in [1.165, 1.54) is 0 Å². The maximum atomic E-state index is 13.3. The molecule has 1 unspecified atom stereocenters. The zero-order valence-electron chi connectivity index (χ0n) is 15.6. The number of hydrogen-bond acceptors (Lipinski definition) is 4. The van der Waals surface area contributed by atoms with Crippen LogP contribution in [0.2, 0.25) is 0 Å². The molecule has 1 saturated heterocycles. The van der Waals surface area contributed by atoms with Crippen molar-refractivity contribution in [2.75, 3.05) is 33.4 Å². The number of carbonyl (C=O) groups excluding carboxylic acids is 1. The van der Waals surface area contributed by atoms with Crippen LogP contribution < -0.4 is 14.8 Å². The van der Waals surface area contributed by atoms with Crippen molar-refractivity contribution in [3.05, 3.63) is 59.2 Å². The number of methoxy groups -OCH3 is 1. The topological polar surface area (TPSA) is 50.8 Å². The minimum Gasteiger partial charge on any atom is -0.496 e. The van der Waals surface area contributed by atoms with Gasteiger partial charge in [-0.05, 0) is 37.6 Å². The molecular weight excluding hydrogens is 328 g/mol. The predicted molar refractivity (Wildman–Crippen MR) is 102 cm³/mol. The molecule has 2 aromatic carbocycles. The number of benzene rings is 2. The molecule has 0 bridgehead atoms. The Hall–Kier alpha value is -2.53. The molecule has 0 spiro atoms. The monoisotopic (exact) mass is 354 g/mol. The molecule has 0 aliphatic carbocycles. The highest BCUT2D eigenvalue weighted by molar-refractivity contribution is 5.95. The standard InChI is InChI=1S/C21H26N2O3/c1-4-26-20-13-16(10-9-15(20)2)21(24)23-12-11-22-14-18(23)17-7-5-6-8-19(17)25-3/h5-10,13,18,22H,4,11-12,14H2,1-3H3. The van der Waals surface area contributed by atoms with E-state index in [2.05, 4.69) is 5.32 Å². The van der Waals surface area contributed by atoms with E-state index >= 15 is 0 Å². The molecular formula is C21H26N2O3. The first-order valence-electron chi connectivity index (χ1n) is 9.03. The van der Waals surface area contributed by atoms with Gasteiger partial charge in [0.2, 0.25) is 0 Å². The zero-order chi connectivity index (χ0) is 18.5. The summed E-state index contributed by atoms with van der Waals surface area (Å²) < 4.78 is 11.2. The van der Waals surface area contributed by atoms with Crippen LogP contribution >= 0.6 is 0 Å². The van der Waals surface area contributed by atoms with E-state index in [1.807, 2.05) is 61.2 Å². The number of piperazine rings is 1. The summed E-state index contributed by atoms with van der Waals surface area (Å²) in [5, 5.41) is 3.39. The number of ether oxygens (including phenoxy) is 2. The van der Waals surface area contributed by atoms with Gasteiger partial charge in [-0.15, -0.1) is 0 Å². The Kier molecular flexibility index (Phi) is 5.78. The third-order valence-corrected chi connectivity index (χ3v) is 4.74. The molecule has 1 N–H and O–H groups in total. The molecule has 26 heavy (non-hydrogen) atoms. The van der Waals surface area contributed by atoms with Gasteiger partial charge in [0, 0.05) is 30.8 Å². The molecule has 1 aliphatic rings. The van der Waals surface area contributed by atoms with Gasteiger partial charge < -0.3 is 19.7 Å². The highest BCUT2D eigenvalue weighted by Crippen LogP contribution is 2.31. The van der Waals surface area contributed by atoms with Crippen LogP contribution in [0.1, 0.15) is 34.5 Å². The summed E-state index contributed by atoms with van der Waals surface area (Å²) >= 11 is 0. The van der Waals surface area contributed by atoms with Gasteiger partial charge in [0.25, 0.3) is 5.91 Å². The molecule has 2 aromatic rings. The van der Waals surface area contributed by atoms with Crippen molar-refractivity contribution in [1.82, 2.24) is 10.2 Å². The van der Waals surface area contributed by atoms with Gasteiger partial charge >= 0.3 is 0 Å². The maximum Gasteiger partial charge on any atom is 0.254 e. The lowest BCUT2D eigenvalue weighted by atomic mass is 10.0. The second kappa shape index (κ2) is 8.23. The maximum absolute atomic E-state index is 13.3. The second-order valence-electron chi connectivity index (χ2n) is 6.37. The van der Waals surface area contributed by atoms with E-state index < -0.39 is 0 Å². The van der Waals surface area contributed by atoms with Crippen molar-refractivity contribution in [2.45, 2.75) is 19.9 Å². The summed E-state index contributed by atoms with van der Waals surface area (Å²) in [7, 11) is 1.66. The number of carbonyl (C=O) groups is 1. The lowest BCUT2D eigenvalue weighted by Crippen LogP contribution is -2.48. The van der Waals surface area contributed by atoms with Crippen LogP contribution in [0, 0.1) is 6.92 Å². The SMILES string of the molecule is CCOc1cc(C(=O)N2CCNCC2c2ccccc2OC)ccc1C. The second-order valence-corrected chi connectivity index (χ2v) is 6.37. The Balaban J connectivity index is 1.92. The molecule has 1 heterocycles. The summed E-state index contributed by atoms with van der Waals surface area (Å²) in [4.78, 5) is 15.2. The Morgan fingerprint density at radius 3 is 2.81 bits per heavy atom. The van der Waals surface area contributed by atoms with E-state index in [4.69, 9.17) is 9.47 Å². The third-order valence-electron chi connectivity index (χ3n) is 4.74. The van der Waals surface area contributed by atoms with Crippen LogP contribution in [0.4, 0.5) is 0 Å². The number of nitrogens with zero attached hydrogens (tertiary/aromatic N) is 1. The quantitative estimate of drug-likeness (QED) is 0.896. The Labute approximate surface area is 154 Å². The van der Waals surface area contributed by atoms with Crippen LogP contribution in [0.25, 0.3) is 0 Å². The molecule has 1 fully saturated rings. The molecule has 0 radical (unpaired) electrons. The van der Waals surface area contributed by atoms with Gasteiger partial charge in [-0.25, -0.2) is 0 Å². The van der Waals surface area contributed by atoms with Crippen molar-refractivity contribution < 1.29 is 14.3 Å². The van der Waals surface area contributed by atoms with Gasteiger partial charge in [-0.2, -0.15) is 0 Å². The summed E-state index contributed by atoms with van der Waals surface area (Å²) in [5.74, 6) is 1.59. The number of hydrogen-bond donors (Lipinski definition) is 1. The molecule has 5 nitrogen and oxygen atoms in total. The molecule has 0 saturated carbocycles. The number of rotatable bonds is 5. The van der Waals surface area contributed by atoms with Gasteiger partial charge in [-0.3, -0.25) is 4.79 Å². The van der Waals surface area contributed by atoms with Crippen molar-refractivity contribution in [3.8, 4) is 11.5 Å². The first-order chi connectivity index (χ1) is 12.7. The predicted octanol–water partition coefficient (Wildman–Crippen LogP) is 3.19. The van der Waals surface area contributed by atoms with E-state index in [-0.39, 0.29) is 11.9 Å². The number of nitrogens with one attached hydrogen (secondary N) is 1. The van der Waals surface area contributed by atoms with Crippen molar-refractivity contribution in [1.29, 1.82) is 0 Å². The zero-order valence-corrected chi connectivity index (χ0v) is 15.6. The molecule has 1 aliphatic heterocycles. The molecule has 1 atom stereocenters. The fourth-order valence-electron chi connectivity index (χ4n) is 3.38. The Morgan fingerprint density at radius 1 is 1.23 bits per heavy atom. The summed E-state index contributed by atoms with van der Waals surface area (Å²) in [5.41, 5.74) is 2.71. The van der Waals surface area contributed by atoms with E-state index in [0.29, 0.717) is 25.3 Å². The summed E-state index contributed by atoms with van der Waals surface area (Å²) in [6.45, 7) is 6.65. The number of amides is 1. The van der Waals surface area contributed by atoms with Crippen LogP contribution in [0.15, 0.2) is 42.5 Å². The van der Waals surface area contributed by atoms with Crippen molar-refractivity contribution >= 4 is 5.91 Å². The lowest BCUT2D eigenvalue weighted by Gasteiger charge is -2.37. The normalized spacial score (nSPS) is 17.0. The minimum atomic E-state index is -0.0655. The average molecular weight is 354 g/mol. The fourth-order valence-corrected chi connectivity index (χ4v) is 3.38. The molecule has 0 aromatic heterocycles. The Bertz CT molecular complexity index is 776. The van der Waals surface area contributed by atoms with Crippen LogP contribution in [-0.2, 0) is 0 Å². The summed E-state index contributed by atoms with van der Waals surface area (Å²) in [6, 6.07) is 13.5. The van der Waals surface area contributed by atoms with Gasteiger partial charge in [0.1, 0.15) is 11.5 Å². The summed E-state index contributed by atoms with van der Waals surface area (Å²) in [6.07, 6.45) is 0.